The summed E-state index contributed by atoms with van der Waals surface area (Å²) in [6.45, 7) is 4.28. The van der Waals surface area contributed by atoms with Crippen molar-refractivity contribution in [3.8, 4) is 17.2 Å². The molecule has 38 heavy (non-hydrogen) atoms. The van der Waals surface area contributed by atoms with Crippen LogP contribution in [0.15, 0.2) is 110 Å². The number of aromatic nitrogens is 3. The molecule has 2 atom stereocenters. The lowest BCUT2D eigenvalue weighted by molar-refractivity contribution is 0.482. The van der Waals surface area contributed by atoms with E-state index in [0.717, 1.165) is 40.0 Å². The Morgan fingerprint density at radius 2 is 1.58 bits per heavy atom. The van der Waals surface area contributed by atoms with Gasteiger partial charge in [-0.2, -0.15) is 0 Å². The lowest BCUT2D eigenvalue weighted by Crippen LogP contribution is -2.29. The Labute approximate surface area is 227 Å². The number of pyridine rings is 2. The van der Waals surface area contributed by atoms with Crippen molar-refractivity contribution in [1.29, 1.82) is 0 Å². The zero-order chi connectivity index (χ0) is 26.1. The molecule has 1 saturated heterocycles. The summed E-state index contributed by atoms with van der Waals surface area (Å²) in [5.41, 5.74) is 6.41. The molecular formula is C31H27N5OS. The third kappa shape index (κ3) is 4.41. The minimum Gasteiger partial charge on any atom is -0.457 e. The molecule has 3 aromatic heterocycles. The first kappa shape index (κ1) is 23.9. The highest BCUT2D eigenvalue weighted by molar-refractivity contribution is 7.80. The van der Waals surface area contributed by atoms with Gasteiger partial charge in [-0.15, -0.1) is 0 Å². The van der Waals surface area contributed by atoms with E-state index < -0.39 is 0 Å². The second-order valence-corrected chi connectivity index (χ2v) is 9.67. The van der Waals surface area contributed by atoms with Gasteiger partial charge in [-0.25, -0.2) is 0 Å². The van der Waals surface area contributed by atoms with Gasteiger partial charge in [0.1, 0.15) is 11.5 Å². The number of para-hydroxylation sites is 1. The van der Waals surface area contributed by atoms with Crippen LogP contribution in [0, 0.1) is 13.8 Å². The molecule has 4 heterocycles. The zero-order valence-electron chi connectivity index (χ0n) is 21.2. The Balaban J connectivity index is 1.42. The number of thiocarbonyl (C=S) groups is 1. The summed E-state index contributed by atoms with van der Waals surface area (Å²) >= 11 is 5.93. The van der Waals surface area contributed by atoms with Gasteiger partial charge in [-0.1, -0.05) is 24.3 Å². The lowest BCUT2D eigenvalue weighted by Gasteiger charge is -2.28. The van der Waals surface area contributed by atoms with Crippen LogP contribution in [0.3, 0.4) is 0 Å². The van der Waals surface area contributed by atoms with E-state index in [0.29, 0.717) is 5.11 Å². The highest BCUT2D eigenvalue weighted by atomic mass is 32.1. The first-order valence-corrected chi connectivity index (χ1v) is 12.9. The van der Waals surface area contributed by atoms with Crippen LogP contribution in [-0.2, 0) is 0 Å². The normalized spacial score (nSPS) is 16.9. The molecule has 0 spiro atoms. The summed E-state index contributed by atoms with van der Waals surface area (Å²) in [7, 11) is 0. The molecule has 0 radical (unpaired) electrons. The third-order valence-electron chi connectivity index (χ3n) is 6.88. The topological polar surface area (TPSA) is 55.2 Å². The molecule has 1 N–H and O–H groups in total. The van der Waals surface area contributed by atoms with Gasteiger partial charge in [0.05, 0.1) is 29.7 Å². The molecule has 2 aromatic carbocycles. The number of nitrogens with one attached hydrogen (secondary N) is 1. The van der Waals surface area contributed by atoms with Gasteiger partial charge in [0.25, 0.3) is 0 Å². The molecule has 6 nitrogen and oxygen atoms in total. The minimum atomic E-state index is -0.119. The fourth-order valence-corrected chi connectivity index (χ4v) is 5.56. The monoisotopic (exact) mass is 517 g/mol. The van der Waals surface area contributed by atoms with E-state index in [1.165, 1.54) is 5.56 Å². The van der Waals surface area contributed by atoms with Crippen molar-refractivity contribution >= 4 is 23.0 Å². The molecule has 1 aliphatic heterocycles. The number of rotatable bonds is 6. The van der Waals surface area contributed by atoms with E-state index in [1.807, 2.05) is 79.1 Å². The van der Waals surface area contributed by atoms with E-state index in [2.05, 4.69) is 57.9 Å². The highest BCUT2D eigenvalue weighted by Crippen LogP contribution is 2.44. The number of hydrogen-bond acceptors (Lipinski definition) is 4. The zero-order valence-corrected chi connectivity index (χ0v) is 22.0. The van der Waals surface area contributed by atoms with Gasteiger partial charge >= 0.3 is 0 Å². The molecule has 188 valence electrons. The fourth-order valence-electron chi connectivity index (χ4n) is 5.22. The Hall–Kier alpha value is -4.49. The van der Waals surface area contributed by atoms with Crippen LogP contribution in [0.4, 0.5) is 5.69 Å². The van der Waals surface area contributed by atoms with Crippen LogP contribution in [0.1, 0.15) is 34.7 Å². The fraction of sp³-hybridized carbons (Fsp3) is 0.129. The molecule has 0 amide bonds. The molecule has 5 aromatic rings. The van der Waals surface area contributed by atoms with Crippen molar-refractivity contribution in [3.63, 3.8) is 0 Å². The van der Waals surface area contributed by atoms with E-state index in [-0.39, 0.29) is 12.1 Å². The van der Waals surface area contributed by atoms with Crippen LogP contribution in [0.5, 0.6) is 11.5 Å². The summed E-state index contributed by atoms with van der Waals surface area (Å²) < 4.78 is 8.27. The smallest absolute Gasteiger partial charge is 0.174 e. The largest absolute Gasteiger partial charge is 0.457 e. The maximum absolute atomic E-state index is 6.03. The molecule has 7 heteroatoms. The SMILES string of the molecule is Cc1cc([C@H]2[C@@H](c3ccccn3)NC(=S)N2c2ccc(Oc3ccccc3)cc2)c(C)n1-c1cccnc1. The van der Waals surface area contributed by atoms with Crippen LogP contribution >= 0.6 is 12.2 Å². The van der Waals surface area contributed by atoms with Crippen LogP contribution < -0.4 is 15.0 Å². The first-order chi connectivity index (χ1) is 18.6. The van der Waals surface area contributed by atoms with E-state index in [9.17, 15) is 0 Å². The van der Waals surface area contributed by atoms with Gasteiger partial charge < -0.3 is 19.5 Å². The summed E-state index contributed by atoms with van der Waals surface area (Å²) in [5, 5.41) is 4.22. The third-order valence-corrected chi connectivity index (χ3v) is 7.20. The summed E-state index contributed by atoms with van der Waals surface area (Å²) in [4.78, 5) is 11.2. The van der Waals surface area contributed by atoms with Crippen molar-refractivity contribution in [3.05, 3.63) is 132 Å². The van der Waals surface area contributed by atoms with Crippen molar-refractivity contribution in [2.75, 3.05) is 4.90 Å². The van der Waals surface area contributed by atoms with Crippen LogP contribution in [0.2, 0.25) is 0 Å². The Morgan fingerprint density at radius 3 is 2.29 bits per heavy atom. The van der Waals surface area contributed by atoms with Crippen molar-refractivity contribution in [1.82, 2.24) is 19.9 Å². The number of ether oxygens (including phenoxy) is 1. The quantitative estimate of drug-likeness (QED) is 0.249. The predicted octanol–water partition coefficient (Wildman–Crippen LogP) is 6.85. The lowest BCUT2D eigenvalue weighted by atomic mass is 9.96. The molecule has 0 saturated carbocycles. The Bertz CT molecular complexity index is 1550. The molecule has 6 rings (SSSR count). The summed E-state index contributed by atoms with van der Waals surface area (Å²) in [6.07, 6.45) is 5.51. The Morgan fingerprint density at radius 1 is 0.816 bits per heavy atom. The molecule has 1 aliphatic rings. The van der Waals surface area contributed by atoms with Crippen molar-refractivity contribution < 1.29 is 4.74 Å². The number of nitrogens with zero attached hydrogens (tertiary/aromatic N) is 4. The highest BCUT2D eigenvalue weighted by Gasteiger charge is 2.42. The van der Waals surface area contributed by atoms with Crippen molar-refractivity contribution in [2.45, 2.75) is 25.9 Å². The average Bonchev–Trinajstić information content (AvgIpc) is 3.45. The van der Waals surface area contributed by atoms with Gasteiger partial charge in [-0.3, -0.25) is 9.97 Å². The predicted molar refractivity (Wildman–Crippen MR) is 154 cm³/mol. The van der Waals surface area contributed by atoms with Gasteiger partial charge in [-0.05, 0) is 98.4 Å². The number of hydrogen-bond donors (Lipinski definition) is 1. The standard InChI is InChI=1S/C31H27N5OS/c1-21-19-27(22(2)35(21)24-9-8-17-32-20-24)30-29(28-12-6-7-18-33-28)34-31(38)36(30)23-13-15-26(16-14-23)37-25-10-4-3-5-11-25/h3-20,29-30H,1-2H3,(H,34,38)/t29-,30+/m1/s1. The van der Waals surface area contributed by atoms with Crippen molar-refractivity contribution in [2.24, 2.45) is 0 Å². The van der Waals surface area contributed by atoms with E-state index >= 15 is 0 Å². The van der Waals surface area contributed by atoms with Gasteiger partial charge in [0, 0.05) is 29.5 Å². The van der Waals surface area contributed by atoms with Gasteiger partial charge in [0.2, 0.25) is 0 Å². The number of aryl methyl sites for hydroxylation is 1. The van der Waals surface area contributed by atoms with Crippen LogP contribution in [0.25, 0.3) is 5.69 Å². The number of anilines is 1. The maximum atomic E-state index is 6.03. The first-order valence-electron chi connectivity index (χ1n) is 12.5. The van der Waals surface area contributed by atoms with Crippen LogP contribution in [-0.4, -0.2) is 19.6 Å². The molecular weight excluding hydrogens is 490 g/mol. The summed E-state index contributed by atoms with van der Waals surface area (Å²) in [5.74, 6) is 1.57. The average molecular weight is 518 g/mol. The summed E-state index contributed by atoms with van der Waals surface area (Å²) in [6, 6.07) is 29.9. The van der Waals surface area contributed by atoms with Gasteiger partial charge in [0.15, 0.2) is 5.11 Å². The Kier molecular flexibility index (Phi) is 6.35. The van der Waals surface area contributed by atoms with E-state index in [1.54, 1.807) is 6.20 Å². The second-order valence-electron chi connectivity index (χ2n) is 9.28. The van der Waals surface area contributed by atoms with E-state index in [4.69, 9.17) is 21.9 Å². The molecule has 1 fully saturated rings. The molecule has 0 aliphatic carbocycles. The second kappa shape index (κ2) is 10.1. The maximum Gasteiger partial charge on any atom is 0.174 e. The molecule has 0 bridgehead atoms. The minimum absolute atomic E-state index is 0.102. The molecule has 0 unspecified atom stereocenters. The number of benzene rings is 2.